The van der Waals surface area contributed by atoms with Crippen LogP contribution in [0, 0.1) is 19.1 Å². The lowest BCUT2D eigenvalue weighted by Crippen LogP contribution is -2.30. The maximum atomic E-state index is 11.2. The molecule has 0 spiro atoms. The Morgan fingerprint density at radius 3 is 2.80 bits per heavy atom. The number of aliphatic hydroxyl groups excluding tert-OH is 1. The lowest BCUT2D eigenvalue weighted by atomic mass is 10.2. The molecule has 0 aliphatic rings. The molecule has 1 aromatic rings. The van der Waals surface area contributed by atoms with Gasteiger partial charge in [-0.3, -0.25) is 0 Å². The number of rotatable bonds is 5. The molecule has 0 fully saturated rings. The Labute approximate surface area is 89.7 Å². The molecule has 84 valence electrons. The van der Waals surface area contributed by atoms with Crippen molar-refractivity contribution in [2.75, 3.05) is 13.2 Å². The molecule has 0 saturated carbocycles. The van der Waals surface area contributed by atoms with Crippen LogP contribution in [0.15, 0.2) is 12.3 Å². The fraction of sp³-hybridized carbons (Fsp3) is 0.545. The Kier molecular flexibility index (Phi) is 4.37. The molecule has 0 aromatic carbocycles. The zero-order chi connectivity index (χ0) is 11.3. The van der Waals surface area contributed by atoms with E-state index in [-0.39, 0.29) is 6.61 Å². The fourth-order valence-corrected chi connectivity index (χ4v) is 1.27. The van der Waals surface area contributed by atoms with Gasteiger partial charge in [0.05, 0.1) is 12.2 Å². The highest BCUT2D eigenvalue weighted by atomic mass is 16.5. The summed E-state index contributed by atoms with van der Waals surface area (Å²) in [5, 5.41) is 19.8. The number of aromatic nitrogens is 1. The minimum atomic E-state index is 0.191. The quantitative estimate of drug-likeness (QED) is 0.450. The second-order valence-electron chi connectivity index (χ2n) is 3.50. The van der Waals surface area contributed by atoms with Crippen LogP contribution in [-0.2, 0) is 0 Å². The second-order valence-corrected chi connectivity index (χ2v) is 3.50. The van der Waals surface area contributed by atoms with E-state index in [4.69, 9.17) is 9.84 Å². The average molecular weight is 211 g/mol. The SMILES string of the molecule is Cc1c(OCCCCO)cc[n+]([O-])c1C. The molecule has 4 nitrogen and oxygen atoms in total. The molecule has 4 heteroatoms. The van der Waals surface area contributed by atoms with Gasteiger partial charge >= 0.3 is 0 Å². The van der Waals surface area contributed by atoms with E-state index in [1.165, 1.54) is 6.20 Å². The first kappa shape index (κ1) is 11.8. The van der Waals surface area contributed by atoms with Crippen molar-refractivity contribution in [2.24, 2.45) is 0 Å². The number of pyridine rings is 1. The van der Waals surface area contributed by atoms with Gasteiger partial charge in [-0.25, -0.2) is 0 Å². The third-order valence-corrected chi connectivity index (χ3v) is 2.41. The number of unbranched alkanes of at least 4 members (excludes halogenated alkanes) is 1. The number of hydrogen-bond acceptors (Lipinski definition) is 3. The van der Waals surface area contributed by atoms with E-state index in [0.29, 0.717) is 12.3 Å². The lowest BCUT2D eigenvalue weighted by Gasteiger charge is -2.10. The van der Waals surface area contributed by atoms with Crippen LogP contribution in [0.5, 0.6) is 5.75 Å². The van der Waals surface area contributed by atoms with Crippen LogP contribution in [0.1, 0.15) is 24.1 Å². The van der Waals surface area contributed by atoms with Crippen LogP contribution in [0.4, 0.5) is 0 Å². The van der Waals surface area contributed by atoms with Gasteiger partial charge in [-0.05, 0) is 19.8 Å². The summed E-state index contributed by atoms with van der Waals surface area (Å²) in [6, 6.07) is 1.67. The normalized spacial score (nSPS) is 10.3. The standard InChI is InChI=1S/C11H17NO3/c1-9-10(2)12(14)6-5-11(9)15-8-4-3-7-13/h5-6,13H,3-4,7-8H2,1-2H3. The molecule has 0 atom stereocenters. The maximum Gasteiger partial charge on any atom is 0.196 e. The van der Waals surface area contributed by atoms with Crippen LogP contribution in [0.3, 0.4) is 0 Å². The van der Waals surface area contributed by atoms with E-state index in [1.54, 1.807) is 13.0 Å². The highest BCUT2D eigenvalue weighted by Gasteiger charge is 2.09. The molecular weight excluding hydrogens is 194 g/mol. The van der Waals surface area contributed by atoms with Crippen LogP contribution < -0.4 is 9.47 Å². The molecule has 0 unspecified atom stereocenters. The highest BCUT2D eigenvalue weighted by Crippen LogP contribution is 2.17. The van der Waals surface area contributed by atoms with Gasteiger partial charge in [-0.1, -0.05) is 0 Å². The van der Waals surface area contributed by atoms with E-state index in [0.717, 1.165) is 28.9 Å². The molecule has 0 radical (unpaired) electrons. The summed E-state index contributed by atoms with van der Waals surface area (Å²) in [5.41, 5.74) is 1.53. The van der Waals surface area contributed by atoms with Gasteiger partial charge in [0.1, 0.15) is 5.75 Å². The summed E-state index contributed by atoms with van der Waals surface area (Å²) >= 11 is 0. The Morgan fingerprint density at radius 1 is 1.40 bits per heavy atom. The van der Waals surface area contributed by atoms with Gasteiger partial charge in [0.15, 0.2) is 11.9 Å². The third-order valence-electron chi connectivity index (χ3n) is 2.41. The van der Waals surface area contributed by atoms with Gasteiger partial charge in [-0.2, -0.15) is 4.73 Å². The minimum Gasteiger partial charge on any atom is -0.618 e. The first-order chi connectivity index (χ1) is 7.16. The van der Waals surface area contributed by atoms with Gasteiger partial charge in [0.25, 0.3) is 0 Å². The summed E-state index contributed by atoms with van der Waals surface area (Å²) in [5.74, 6) is 0.748. The van der Waals surface area contributed by atoms with Crippen molar-refractivity contribution in [3.8, 4) is 5.75 Å². The summed E-state index contributed by atoms with van der Waals surface area (Å²) in [6.45, 7) is 4.40. The van der Waals surface area contributed by atoms with Crippen LogP contribution in [0.2, 0.25) is 0 Å². The van der Waals surface area contributed by atoms with Gasteiger partial charge < -0.3 is 15.1 Å². The fourth-order valence-electron chi connectivity index (χ4n) is 1.27. The number of aliphatic hydroxyl groups is 1. The summed E-state index contributed by atoms with van der Waals surface area (Å²) in [6.07, 6.45) is 3.01. The topological polar surface area (TPSA) is 56.4 Å². The molecule has 1 rings (SSSR count). The van der Waals surface area contributed by atoms with E-state index < -0.39 is 0 Å². The average Bonchev–Trinajstić information content (AvgIpc) is 2.24. The monoisotopic (exact) mass is 211 g/mol. The van der Waals surface area contributed by atoms with Crippen molar-refractivity contribution in [2.45, 2.75) is 26.7 Å². The van der Waals surface area contributed by atoms with Crippen LogP contribution in [-0.4, -0.2) is 18.3 Å². The number of ether oxygens (including phenoxy) is 1. The molecule has 0 amide bonds. The molecule has 1 aromatic heterocycles. The third kappa shape index (κ3) is 3.09. The minimum absolute atomic E-state index is 0.191. The predicted octanol–water partition coefficient (Wildman–Crippen LogP) is 1.09. The Hall–Kier alpha value is -1.29. The number of hydrogen-bond donors (Lipinski definition) is 1. The van der Waals surface area contributed by atoms with Crippen molar-refractivity contribution in [3.05, 3.63) is 28.7 Å². The van der Waals surface area contributed by atoms with E-state index in [9.17, 15) is 5.21 Å². The van der Waals surface area contributed by atoms with Gasteiger partial charge in [0.2, 0.25) is 0 Å². The number of nitrogens with zero attached hydrogens (tertiary/aromatic N) is 1. The first-order valence-electron chi connectivity index (χ1n) is 5.10. The molecule has 0 aliphatic carbocycles. The van der Waals surface area contributed by atoms with Gasteiger partial charge in [-0.15, -0.1) is 0 Å². The highest BCUT2D eigenvalue weighted by molar-refractivity contribution is 5.31. The van der Waals surface area contributed by atoms with E-state index >= 15 is 0 Å². The van der Waals surface area contributed by atoms with Crippen molar-refractivity contribution in [3.63, 3.8) is 0 Å². The molecule has 0 aliphatic heterocycles. The maximum absolute atomic E-state index is 11.2. The summed E-state index contributed by atoms with van der Waals surface area (Å²) in [7, 11) is 0. The molecule has 0 saturated heterocycles. The van der Waals surface area contributed by atoms with Crippen molar-refractivity contribution >= 4 is 0 Å². The largest absolute Gasteiger partial charge is 0.618 e. The first-order valence-corrected chi connectivity index (χ1v) is 5.10. The Bertz CT molecular complexity index is 326. The zero-order valence-electron chi connectivity index (χ0n) is 9.19. The van der Waals surface area contributed by atoms with Crippen LogP contribution >= 0.6 is 0 Å². The zero-order valence-corrected chi connectivity index (χ0v) is 9.19. The lowest BCUT2D eigenvalue weighted by molar-refractivity contribution is -0.612. The summed E-state index contributed by atoms with van der Waals surface area (Å²) in [4.78, 5) is 0. The van der Waals surface area contributed by atoms with E-state index in [2.05, 4.69) is 0 Å². The Morgan fingerprint density at radius 2 is 2.13 bits per heavy atom. The smallest absolute Gasteiger partial charge is 0.196 e. The molecule has 0 bridgehead atoms. The van der Waals surface area contributed by atoms with E-state index in [1.807, 2.05) is 6.92 Å². The predicted molar refractivity (Wildman–Crippen MR) is 56.7 cm³/mol. The molecule has 1 heterocycles. The molecular formula is C11H17NO3. The molecule has 15 heavy (non-hydrogen) atoms. The second kappa shape index (κ2) is 5.56. The van der Waals surface area contributed by atoms with Crippen molar-refractivity contribution < 1.29 is 14.6 Å². The van der Waals surface area contributed by atoms with Crippen molar-refractivity contribution in [1.29, 1.82) is 0 Å². The summed E-state index contributed by atoms with van der Waals surface area (Å²) < 4.78 is 6.34. The van der Waals surface area contributed by atoms with Crippen molar-refractivity contribution in [1.82, 2.24) is 0 Å². The Balaban J connectivity index is 2.58. The molecule has 1 N–H and O–H groups in total. The van der Waals surface area contributed by atoms with Gasteiger partial charge in [0, 0.05) is 19.6 Å². The van der Waals surface area contributed by atoms with Crippen LogP contribution in [0.25, 0.3) is 0 Å².